The molecule has 3 nitrogen and oxygen atoms in total. The first kappa shape index (κ1) is 19.9. The Bertz CT molecular complexity index is 998. The number of amides is 1. The lowest BCUT2D eigenvalue weighted by atomic mass is 9.91. The third-order valence-corrected chi connectivity index (χ3v) is 6.63. The van der Waals surface area contributed by atoms with Crippen molar-refractivity contribution in [2.24, 2.45) is 11.3 Å². The number of hydrogen-bond acceptors (Lipinski definition) is 2. The lowest BCUT2D eigenvalue weighted by Gasteiger charge is -2.25. The molecule has 2 aliphatic rings. The first-order valence-electron chi connectivity index (χ1n) is 10.3. The molecule has 1 spiro atoms. The van der Waals surface area contributed by atoms with Gasteiger partial charge in [0, 0.05) is 5.92 Å². The molecule has 0 radical (unpaired) electrons. The Morgan fingerprint density at radius 3 is 2.34 bits per heavy atom. The Balaban J connectivity index is 0.00000205. The molecule has 3 aromatic carbocycles. The number of halogens is 1. The topological polar surface area (TPSA) is 41.1 Å². The largest absolute Gasteiger partial charge is 0.345 e. The van der Waals surface area contributed by atoms with Gasteiger partial charge in [0.1, 0.15) is 0 Å². The van der Waals surface area contributed by atoms with Gasteiger partial charge >= 0.3 is 0 Å². The fraction of sp³-hybridized carbons (Fsp3) is 0.320. The third kappa shape index (κ3) is 3.90. The minimum absolute atomic E-state index is 0. The molecule has 1 saturated carbocycles. The number of hydrogen-bond donors (Lipinski definition) is 2. The Labute approximate surface area is 178 Å². The molecule has 0 bridgehead atoms. The molecule has 1 aliphatic carbocycles. The van der Waals surface area contributed by atoms with Crippen LogP contribution in [0.4, 0.5) is 0 Å². The number of fused-ring (bicyclic) bond motifs is 1. The lowest BCUT2D eigenvalue weighted by molar-refractivity contribution is -0.123. The monoisotopic (exact) mass is 406 g/mol. The van der Waals surface area contributed by atoms with E-state index < -0.39 is 0 Å². The summed E-state index contributed by atoms with van der Waals surface area (Å²) in [6, 6.07) is 25.1. The smallest absolute Gasteiger partial charge is 0.224 e. The summed E-state index contributed by atoms with van der Waals surface area (Å²) in [5.41, 5.74) is 2.52. The summed E-state index contributed by atoms with van der Waals surface area (Å²) in [6.45, 7) is 2.08. The summed E-state index contributed by atoms with van der Waals surface area (Å²) in [6.07, 6.45) is 3.29. The summed E-state index contributed by atoms with van der Waals surface area (Å²) in [5.74, 6) is 0.380. The predicted octanol–water partition coefficient (Wildman–Crippen LogP) is 4.86. The van der Waals surface area contributed by atoms with Crippen molar-refractivity contribution in [2.75, 3.05) is 13.1 Å². The molecule has 2 unspecified atom stereocenters. The minimum Gasteiger partial charge on any atom is -0.345 e. The van der Waals surface area contributed by atoms with E-state index in [0.717, 1.165) is 43.5 Å². The van der Waals surface area contributed by atoms with Crippen molar-refractivity contribution in [3.63, 3.8) is 0 Å². The van der Waals surface area contributed by atoms with Crippen LogP contribution in [0.1, 0.15) is 36.4 Å². The molecule has 3 aromatic rings. The molecule has 1 saturated heterocycles. The maximum Gasteiger partial charge on any atom is 0.224 e. The van der Waals surface area contributed by atoms with Crippen LogP contribution in [0.2, 0.25) is 0 Å². The predicted molar refractivity (Wildman–Crippen MR) is 120 cm³/mol. The number of carbonyl (C=O) groups is 1. The van der Waals surface area contributed by atoms with Crippen LogP contribution < -0.4 is 10.6 Å². The molecule has 29 heavy (non-hydrogen) atoms. The molecule has 150 valence electrons. The molecule has 2 fully saturated rings. The van der Waals surface area contributed by atoms with Crippen molar-refractivity contribution in [3.8, 4) is 0 Å². The van der Waals surface area contributed by atoms with Crippen molar-refractivity contribution in [2.45, 2.75) is 25.3 Å². The molecule has 1 aliphatic heterocycles. The molecule has 5 rings (SSSR count). The summed E-state index contributed by atoms with van der Waals surface area (Å²) < 4.78 is 0. The number of rotatable bonds is 4. The maximum absolute atomic E-state index is 13.2. The fourth-order valence-corrected chi connectivity index (χ4v) is 4.83. The molecular weight excluding hydrogens is 380 g/mol. The van der Waals surface area contributed by atoms with E-state index in [2.05, 4.69) is 65.2 Å². The second kappa shape index (κ2) is 8.17. The van der Waals surface area contributed by atoms with Crippen LogP contribution in [0.25, 0.3) is 10.8 Å². The second-order valence-corrected chi connectivity index (χ2v) is 8.33. The van der Waals surface area contributed by atoms with Crippen molar-refractivity contribution in [1.82, 2.24) is 10.6 Å². The van der Waals surface area contributed by atoms with Crippen LogP contribution >= 0.6 is 12.4 Å². The number of benzene rings is 3. The molecule has 4 heteroatoms. The van der Waals surface area contributed by atoms with E-state index in [0.29, 0.717) is 0 Å². The summed E-state index contributed by atoms with van der Waals surface area (Å²) in [5, 5.41) is 9.23. The van der Waals surface area contributed by atoms with Gasteiger partial charge in [0.15, 0.2) is 0 Å². The average Bonchev–Trinajstić information content (AvgIpc) is 3.45. The molecule has 1 heterocycles. The minimum atomic E-state index is -0.113. The van der Waals surface area contributed by atoms with Crippen molar-refractivity contribution >= 4 is 29.1 Å². The van der Waals surface area contributed by atoms with Gasteiger partial charge in [-0.15, -0.1) is 12.4 Å². The van der Waals surface area contributed by atoms with E-state index in [-0.39, 0.29) is 35.7 Å². The van der Waals surface area contributed by atoms with Crippen LogP contribution in [0, 0.1) is 11.3 Å². The van der Waals surface area contributed by atoms with Gasteiger partial charge in [-0.1, -0.05) is 66.7 Å². The highest BCUT2D eigenvalue weighted by Gasteiger charge is 2.57. The quantitative estimate of drug-likeness (QED) is 0.649. The maximum atomic E-state index is 13.2. The number of carbonyl (C=O) groups excluding carboxylic acids is 1. The summed E-state index contributed by atoms with van der Waals surface area (Å²) >= 11 is 0. The molecular formula is C25H27ClN2O. The van der Waals surface area contributed by atoms with Gasteiger partial charge in [0.2, 0.25) is 5.91 Å². The molecule has 2 atom stereocenters. The first-order valence-corrected chi connectivity index (χ1v) is 10.3. The van der Waals surface area contributed by atoms with Gasteiger partial charge in [0.05, 0.1) is 6.04 Å². The summed E-state index contributed by atoms with van der Waals surface area (Å²) in [7, 11) is 0. The number of piperidine rings is 1. The standard InChI is InChI=1S/C25H26N2O.ClH/c28-24(22-17-25(22)12-14-26-15-13-25)27-23(19-7-2-1-3-8-19)21-11-10-18-6-4-5-9-20(18)16-21;/h1-11,16,22-23,26H,12-15,17H2,(H,27,28);1H. The lowest BCUT2D eigenvalue weighted by Crippen LogP contribution is -2.35. The van der Waals surface area contributed by atoms with E-state index in [1.165, 1.54) is 10.8 Å². The van der Waals surface area contributed by atoms with E-state index in [4.69, 9.17) is 0 Å². The Kier molecular flexibility index (Phi) is 5.62. The summed E-state index contributed by atoms with van der Waals surface area (Å²) in [4.78, 5) is 13.2. The van der Waals surface area contributed by atoms with E-state index in [9.17, 15) is 4.79 Å². The number of nitrogens with one attached hydrogen (secondary N) is 2. The van der Waals surface area contributed by atoms with Crippen LogP contribution in [0.3, 0.4) is 0 Å². The SMILES string of the molecule is Cl.O=C(NC(c1ccccc1)c1ccc2ccccc2c1)C1CC12CCNCC2. The highest BCUT2D eigenvalue weighted by Crippen LogP contribution is 2.58. The Morgan fingerprint density at radius 2 is 1.59 bits per heavy atom. The van der Waals surface area contributed by atoms with E-state index >= 15 is 0 Å². The van der Waals surface area contributed by atoms with Gasteiger partial charge < -0.3 is 10.6 Å². The second-order valence-electron chi connectivity index (χ2n) is 8.33. The van der Waals surface area contributed by atoms with Crippen molar-refractivity contribution in [1.29, 1.82) is 0 Å². The fourth-order valence-electron chi connectivity index (χ4n) is 4.83. The van der Waals surface area contributed by atoms with Crippen LogP contribution in [0.15, 0.2) is 72.8 Å². The van der Waals surface area contributed by atoms with Gasteiger partial charge in [-0.3, -0.25) is 4.79 Å². The van der Waals surface area contributed by atoms with Gasteiger partial charge in [-0.05, 0) is 65.7 Å². The molecule has 0 aromatic heterocycles. The van der Waals surface area contributed by atoms with Crippen molar-refractivity contribution < 1.29 is 4.79 Å². The van der Waals surface area contributed by atoms with Crippen LogP contribution in [-0.2, 0) is 4.79 Å². The van der Waals surface area contributed by atoms with Crippen molar-refractivity contribution in [3.05, 3.63) is 83.9 Å². The zero-order chi connectivity index (χ0) is 19.0. The zero-order valence-electron chi connectivity index (χ0n) is 16.4. The van der Waals surface area contributed by atoms with E-state index in [1.807, 2.05) is 18.2 Å². The van der Waals surface area contributed by atoms with Gasteiger partial charge in [-0.25, -0.2) is 0 Å². The zero-order valence-corrected chi connectivity index (χ0v) is 17.3. The molecule has 1 amide bonds. The first-order chi connectivity index (χ1) is 13.8. The van der Waals surface area contributed by atoms with E-state index in [1.54, 1.807) is 0 Å². The Morgan fingerprint density at radius 1 is 0.897 bits per heavy atom. The van der Waals surface area contributed by atoms with Gasteiger partial charge in [0.25, 0.3) is 0 Å². The molecule has 2 N–H and O–H groups in total. The van der Waals surface area contributed by atoms with Crippen LogP contribution in [-0.4, -0.2) is 19.0 Å². The highest BCUT2D eigenvalue weighted by molar-refractivity contribution is 5.86. The Hall–Kier alpha value is -2.36. The normalized spacial score (nSPS) is 20.6. The van der Waals surface area contributed by atoms with Gasteiger partial charge in [-0.2, -0.15) is 0 Å². The average molecular weight is 407 g/mol. The van der Waals surface area contributed by atoms with Crippen LogP contribution in [0.5, 0.6) is 0 Å². The highest BCUT2D eigenvalue weighted by atomic mass is 35.5. The third-order valence-electron chi connectivity index (χ3n) is 6.63.